The van der Waals surface area contributed by atoms with Gasteiger partial charge < -0.3 is 5.11 Å². The predicted octanol–water partition coefficient (Wildman–Crippen LogP) is 3.63. The van der Waals surface area contributed by atoms with Gasteiger partial charge in [-0.3, -0.25) is 0 Å². The van der Waals surface area contributed by atoms with Crippen molar-refractivity contribution in [3.05, 3.63) is 70.3 Å². The van der Waals surface area contributed by atoms with Crippen molar-refractivity contribution in [3.8, 4) is 11.8 Å². The zero-order valence-electron chi connectivity index (χ0n) is 12.1. The van der Waals surface area contributed by atoms with Gasteiger partial charge >= 0.3 is 0 Å². The van der Waals surface area contributed by atoms with Crippen LogP contribution < -0.4 is 0 Å². The Balaban J connectivity index is 2.24. The summed E-state index contributed by atoms with van der Waals surface area (Å²) in [4.78, 5) is 0. The molecule has 0 radical (unpaired) electrons. The first-order valence-electron chi connectivity index (χ1n) is 6.99. The van der Waals surface area contributed by atoms with Gasteiger partial charge in [0.15, 0.2) is 0 Å². The summed E-state index contributed by atoms with van der Waals surface area (Å²) in [6, 6.07) is 14.5. The molecule has 1 nitrogen and oxygen atoms in total. The Hall–Kier alpha value is -2.04. The molecule has 102 valence electrons. The lowest BCUT2D eigenvalue weighted by molar-refractivity contribution is 0.288. The second kappa shape index (κ2) is 6.93. The fraction of sp³-hybridized carbons (Fsp3) is 0.263. The Kier molecular flexibility index (Phi) is 4.98. The van der Waals surface area contributed by atoms with Crippen LogP contribution in [0.3, 0.4) is 0 Å². The predicted molar refractivity (Wildman–Crippen MR) is 83.7 cm³/mol. The third kappa shape index (κ3) is 3.73. The van der Waals surface area contributed by atoms with Gasteiger partial charge in [0, 0.05) is 17.7 Å². The average Bonchev–Trinajstić information content (AvgIpc) is 2.45. The van der Waals surface area contributed by atoms with Crippen LogP contribution >= 0.6 is 0 Å². The molecule has 0 fully saturated rings. The molecule has 1 N–H and O–H groups in total. The highest BCUT2D eigenvalue weighted by Crippen LogP contribution is 2.12. The summed E-state index contributed by atoms with van der Waals surface area (Å²) in [6.45, 7) is 4.42. The van der Waals surface area contributed by atoms with Crippen LogP contribution in [0.15, 0.2) is 42.5 Å². The Morgan fingerprint density at radius 1 is 0.950 bits per heavy atom. The molecule has 0 heterocycles. The normalized spacial score (nSPS) is 9.95. The lowest BCUT2D eigenvalue weighted by atomic mass is 10.0. The van der Waals surface area contributed by atoms with Crippen molar-refractivity contribution in [2.45, 2.75) is 26.7 Å². The van der Waals surface area contributed by atoms with E-state index in [0.29, 0.717) is 0 Å². The largest absolute Gasteiger partial charge is 0.396 e. The van der Waals surface area contributed by atoms with E-state index in [9.17, 15) is 0 Å². The minimum absolute atomic E-state index is 0.234. The highest BCUT2D eigenvalue weighted by atomic mass is 16.2. The fourth-order valence-electron chi connectivity index (χ4n) is 2.23. The minimum Gasteiger partial charge on any atom is -0.396 e. The van der Waals surface area contributed by atoms with Crippen molar-refractivity contribution in [2.75, 3.05) is 6.61 Å². The Bertz CT molecular complexity index is 624. The van der Waals surface area contributed by atoms with Crippen molar-refractivity contribution in [3.63, 3.8) is 0 Å². The molecule has 2 aromatic rings. The first kappa shape index (κ1) is 14.4. The molecule has 2 aromatic carbocycles. The topological polar surface area (TPSA) is 20.2 Å². The van der Waals surface area contributed by atoms with Crippen molar-refractivity contribution in [1.29, 1.82) is 0 Å². The number of hydrogen-bond acceptors (Lipinski definition) is 1. The number of aliphatic hydroxyl groups excluding tert-OH is 1. The molecule has 0 atom stereocenters. The van der Waals surface area contributed by atoms with Crippen LogP contribution in [0.2, 0.25) is 0 Å². The maximum absolute atomic E-state index is 8.88. The molecule has 1 heteroatoms. The van der Waals surface area contributed by atoms with Crippen molar-refractivity contribution >= 4 is 0 Å². The Morgan fingerprint density at radius 2 is 1.65 bits per heavy atom. The molecule has 0 bridgehead atoms. The molecule has 0 aliphatic rings. The first-order chi connectivity index (χ1) is 9.70. The highest BCUT2D eigenvalue weighted by molar-refractivity contribution is 5.50. The van der Waals surface area contributed by atoms with E-state index in [0.717, 1.165) is 24.0 Å². The summed E-state index contributed by atoms with van der Waals surface area (Å²) in [5.74, 6) is 6.53. The number of benzene rings is 2. The number of hydrogen-bond donors (Lipinski definition) is 1. The molecule has 0 unspecified atom stereocenters. The second-order valence-corrected chi connectivity index (χ2v) is 5.04. The zero-order chi connectivity index (χ0) is 14.4. The fourth-order valence-corrected chi connectivity index (χ4v) is 2.23. The third-order valence-corrected chi connectivity index (χ3v) is 3.36. The monoisotopic (exact) mass is 264 g/mol. The van der Waals surface area contributed by atoms with Crippen molar-refractivity contribution < 1.29 is 5.11 Å². The molecule has 2 rings (SSSR count). The minimum atomic E-state index is 0.234. The smallest absolute Gasteiger partial charge is 0.0434 e. The quantitative estimate of drug-likeness (QED) is 0.839. The molecule has 0 saturated heterocycles. The van der Waals surface area contributed by atoms with Crippen LogP contribution in [0.25, 0.3) is 0 Å². The van der Waals surface area contributed by atoms with E-state index in [1.54, 1.807) is 0 Å². The van der Waals surface area contributed by atoms with Crippen LogP contribution in [-0.4, -0.2) is 11.7 Å². The van der Waals surface area contributed by atoms with Gasteiger partial charge in [-0.15, -0.1) is 0 Å². The van der Waals surface area contributed by atoms with E-state index in [2.05, 4.69) is 56.0 Å². The van der Waals surface area contributed by atoms with Gasteiger partial charge in [0.25, 0.3) is 0 Å². The third-order valence-electron chi connectivity index (χ3n) is 3.36. The van der Waals surface area contributed by atoms with E-state index in [1.807, 2.05) is 12.1 Å². The van der Waals surface area contributed by atoms with Crippen LogP contribution in [0.1, 0.15) is 34.2 Å². The first-order valence-corrected chi connectivity index (χ1v) is 6.99. The van der Waals surface area contributed by atoms with Gasteiger partial charge in [-0.05, 0) is 55.5 Å². The van der Waals surface area contributed by atoms with Crippen LogP contribution in [0.4, 0.5) is 0 Å². The Morgan fingerprint density at radius 3 is 2.35 bits per heavy atom. The van der Waals surface area contributed by atoms with E-state index in [1.165, 1.54) is 16.7 Å². The number of aryl methyl sites for hydroxylation is 3. The summed E-state index contributed by atoms with van der Waals surface area (Å²) < 4.78 is 0. The van der Waals surface area contributed by atoms with E-state index < -0.39 is 0 Å². The van der Waals surface area contributed by atoms with Gasteiger partial charge in [-0.2, -0.15) is 0 Å². The standard InChI is InChI=1S/C19H20O/c1-15-6-3-7-16(2)19(15)12-11-18-9-4-8-17(14-18)10-5-13-20/h3-4,6-9,14,20H,5,10,13H2,1-2H3. The summed E-state index contributed by atoms with van der Waals surface area (Å²) in [5, 5.41) is 8.88. The molecular formula is C19H20O. The molecule has 0 aromatic heterocycles. The van der Waals surface area contributed by atoms with Crippen LogP contribution in [0.5, 0.6) is 0 Å². The maximum atomic E-state index is 8.88. The van der Waals surface area contributed by atoms with Crippen molar-refractivity contribution in [1.82, 2.24) is 0 Å². The van der Waals surface area contributed by atoms with Crippen molar-refractivity contribution in [2.24, 2.45) is 0 Å². The van der Waals surface area contributed by atoms with Gasteiger partial charge in [-0.25, -0.2) is 0 Å². The summed E-state index contributed by atoms with van der Waals surface area (Å²) in [7, 11) is 0. The molecule has 0 amide bonds. The lowest BCUT2D eigenvalue weighted by Gasteiger charge is -2.02. The molecule has 20 heavy (non-hydrogen) atoms. The summed E-state index contributed by atoms with van der Waals surface area (Å²) >= 11 is 0. The molecular weight excluding hydrogens is 244 g/mol. The van der Waals surface area contributed by atoms with Gasteiger partial charge in [0.2, 0.25) is 0 Å². The zero-order valence-corrected chi connectivity index (χ0v) is 12.1. The van der Waals surface area contributed by atoms with Crippen LogP contribution in [-0.2, 0) is 6.42 Å². The van der Waals surface area contributed by atoms with Gasteiger partial charge in [-0.1, -0.05) is 42.2 Å². The number of aliphatic hydroxyl groups is 1. The van der Waals surface area contributed by atoms with Gasteiger partial charge in [0.1, 0.15) is 0 Å². The van der Waals surface area contributed by atoms with E-state index >= 15 is 0 Å². The average molecular weight is 264 g/mol. The molecule has 0 saturated carbocycles. The number of rotatable bonds is 3. The molecule has 0 aliphatic carbocycles. The molecule has 0 aliphatic heterocycles. The second-order valence-electron chi connectivity index (χ2n) is 5.04. The molecule has 0 spiro atoms. The van der Waals surface area contributed by atoms with Gasteiger partial charge in [0.05, 0.1) is 0 Å². The Labute approximate surface area is 121 Å². The van der Waals surface area contributed by atoms with E-state index in [4.69, 9.17) is 5.11 Å². The maximum Gasteiger partial charge on any atom is 0.0434 e. The SMILES string of the molecule is Cc1cccc(C)c1C#Cc1cccc(CCCO)c1. The van der Waals surface area contributed by atoms with Crippen LogP contribution in [0, 0.1) is 25.7 Å². The summed E-state index contributed by atoms with van der Waals surface area (Å²) in [6.07, 6.45) is 1.70. The highest BCUT2D eigenvalue weighted by Gasteiger charge is 1.98. The summed E-state index contributed by atoms with van der Waals surface area (Å²) in [5.41, 5.74) is 5.81. The van der Waals surface area contributed by atoms with E-state index in [-0.39, 0.29) is 6.61 Å². The lowest BCUT2D eigenvalue weighted by Crippen LogP contribution is -1.90.